The molecule has 1 nitrogen and oxygen atoms in total. The summed E-state index contributed by atoms with van der Waals surface area (Å²) in [6.45, 7) is 1.79. The van der Waals surface area contributed by atoms with Gasteiger partial charge in [0.05, 0.1) is 9.49 Å². The maximum absolute atomic E-state index is 13.9. The predicted octanol–water partition coefficient (Wildman–Crippen LogP) is 4.68. The van der Waals surface area contributed by atoms with Crippen molar-refractivity contribution in [3.05, 3.63) is 71.8 Å². The van der Waals surface area contributed by atoms with Crippen molar-refractivity contribution in [2.75, 3.05) is 13.3 Å². The first kappa shape index (κ1) is 18.8. The van der Waals surface area contributed by atoms with E-state index in [0.717, 1.165) is 11.1 Å². The molecule has 0 heterocycles. The highest BCUT2D eigenvalue weighted by Gasteiger charge is 2.44. The number of halogens is 2. The SMILES string of the molecule is CC(CF)(Cc1ccccc1)S(=O)C(C)(CF)Cc1ccccc1. The van der Waals surface area contributed by atoms with Crippen LogP contribution in [0.3, 0.4) is 0 Å². The van der Waals surface area contributed by atoms with E-state index >= 15 is 0 Å². The summed E-state index contributed by atoms with van der Waals surface area (Å²) in [5, 5.41) is 0. The molecule has 0 bridgehead atoms. The molecule has 2 aromatic rings. The minimum absolute atomic E-state index is 0.321. The zero-order valence-corrected chi connectivity index (χ0v) is 15.0. The highest BCUT2D eigenvalue weighted by molar-refractivity contribution is 7.87. The summed E-state index contributed by atoms with van der Waals surface area (Å²) < 4.78 is 38.7. The van der Waals surface area contributed by atoms with E-state index in [1.54, 1.807) is 13.8 Å². The number of hydrogen-bond acceptors (Lipinski definition) is 1. The molecule has 0 spiro atoms. The molecule has 24 heavy (non-hydrogen) atoms. The predicted molar refractivity (Wildman–Crippen MR) is 97.2 cm³/mol. The van der Waals surface area contributed by atoms with Gasteiger partial charge in [0.25, 0.3) is 0 Å². The fourth-order valence-corrected chi connectivity index (χ4v) is 4.96. The van der Waals surface area contributed by atoms with Gasteiger partial charge < -0.3 is 0 Å². The number of rotatable bonds is 8. The lowest BCUT2D eigenvalue weighted by atomic mass is 10.0. The standard InChI is InChI=1S/C20H24F2OS/c1-19(15-21,13-17-9-5-3-6-10-17)24(23)20(2,16-22)14-18-11-7-4-8-12-18/h3-12H,13-16H2,1-2H3. The quantitative estimate of drug-likeness (QED) is 0.676. The van der Waals surface area contributed by atoms with Crippen LogP contribution in [0.25, 0.3) is 0 Å². The van der Waals surface area contributed by atoms with E-state index in [1.807, 2.05) is 60.7 Å². The van der Waals surface area contributed by atoms with Crippen molar-refractivity contribution in [1.29, 1.82) is 0 Å². The van der Waals surface area contributed by atoms with Crippen molar-refractivity contribution < 1.29 is 13.0 Å². The lowest BCUT2D eigenvalue weighted by Crippen LogP contribution is -2.49. The third-order valence-electron chi connectivity index (χ3n) is 4.30. The molecule has 0 aromatic heterocycles. The Kier molecular flexibility index (Phi) is 6.27. The molecule has 0 aliphatic carbocycles. The summed E-state index contributed by atoms with van der Waals surface area (Å²) in [6.07, 6.45) is 0.642. The highest BCUT2D eigenvalue weighted by atomic mass is 32.2. The molecule has 2 aromatic carbocycles. The molecule has 2 unspecified atom stereocenters. The molecule has 0 amide bonds. The van der Waals surface area contributed by atoms with Crippen molar-refractivity contribution in [2.45, 2.75) is 36.2 Å². The third kappa shape index (κ3) is 4.29. The zero-order valence-electron chi connectivity index (χ0n) is 14.2. The zero-order chi connectivity index (χ0) is 17.6. The minimum atomic E-state index is -1.68. The number of hydrogen-bond donors (Lipinski definition) is 0. The Hall–Kier alpha value is -1.55. The van der Waals surface area contributed by atoms with Crippen LogP contribution in [0.4, 0.5) is 8.78 Å². The van der Waals surface area contributed by atoms with E-state index in [4.69, 9.17) is 0 Å². The largest absolute Gasteiger partial charge is 0.258 e. The van der Waals surface area contributed by atoms with Crippen LogP contribution >= 0.6 is 0 Å². The number of alkyl halides is 2. The van der Waals surface area contributed by atoms with Crippen LogP contribution < -0.4 is 0 Å². The topological polar surface area (TPSA) is 17.1 Å². The van der Waals surface area contributed by atoms with E-state index in [2.05, 4.69) is 0 Å². The summed E-state index contributed by atoms with van der Waals surface area (Å²) in [5.74, 6) is 0. The summed E-state index contributed by atoms with van der Waals surface area (Å²) in [5.41, 5.74) is 1.82. The van der Waals surface area contributed by atoms with Crippen LogP contribution in [0.1, 0.15) is 25.0 Å². The molecule has 4 heteroatoms. The van der Waals surface area contributed by atoms with Gasteiger partial charge in [-0.2, -0.15) is 0 Å². The minimum Gasteiger partial charge on any atom is -0.258 e. The summed E-state index contributed by atoms with van der Waals surface area (Å²) in [6, 6.07) is 18.8. The summed E-state index contributed by atoms with van der Waals surface area (Å²) in [4.78, 5) is 0. The second-order valence-corrected chi connectivity index (χ2v) is 9.27. The first-order valence-corrected chi connectivity index (χ1v) is 9.20. The van der Waals surface area contributed by atoms with Gasteiger partial charge in [-0.1, -0.05) is 60.7 Å². The highest BCUT2D eigenvalue weighted by Crippen LogP contribution is 2.32. The first-order chi connectivity index (χ1) is 11.4. The van der Waals surface area contributed by atoms with Crippen molar-refractivity contribution in [3.63, 3.8) is 0 Å². The molecule has 0 N–H and O–H groups in total. The van der Waals surface area contributed by atoms with Gasteiger partial charge >= 0.3 is 0 Å². The summed E-state index contributed by atoms with van der Waals surface area (Å²) in [7, 11) is -1.68. The van der Waals surface area contributed by atoms with Crippen LogP contribution in [0.5, 0.6) is 0 Å². The molecule has 2 atom stereocenters. The van der Waals surface area contributed by atoms with Crippen molar-refractivity contribution >= 4 is 10.8 Å². The van der Waals surface area contributed by atoms with Crippen molar-refractivity contribution in [3.8, 4) is 0 Å². The van der Waals surface area contributed by atoms with Crippen LogP contribution in [0, 0.1) is 0 Å². The van der Waals surface area contributed by atoms with E-state index in [-0.39, 0.29) is 0 Å². The Morgan fingerprint density at radius 3 is 1.38 bits per heavy atom. The fraction of sp³-hybridized carbons (Fsp3) is 0.400. The van der Waals surface area contributed by atoms with Gasteiger partial charge in [0.15, 0.2) is 0 Å². The second-order valence-electron chi connectivity index (χ2n) is 6.76. The van der Waals surface area contributed by atoms with E-state index in [1.165, 1.54) is 0 Å². The average Bonchev–Trinajstić information content (AvgIpc) is 2.62. The lowest BCUT2D eigenvalue weighted by molar-refractivity contribution is 0.370. The number of benzene rings is 2. The Morgan fingerprint density at radius 1 is 0.750 bits per heavy atom. The average molecular weight is 350 g/mol. The monoisotopic (exact) mass is 350 g/mol. The second kappa shape index (κ2) is 8.02. The molecule has 0 aliphatic rings. The first-order valence-electron chi connectivity index (χ1n) is 8.05. The molecule has 0 saturated heterocycles. The lowest BCUT2D eigenvalue weighted by Gasteiger charge is -2.36. The molecule has 0 radical (unpaired) electrons. The molecule has 130 valence electrons. The molecule has 0 saturated carbocycles. The van der Waals surface area contributed by atoms with Crippen LogP contribution in [-0.2, 0) is 23.6 Å². The Bertz CT molecular complexity index is 604. The van der Waals surface area contributed by atoms with Gasteiger partial charge in [-0.3, -0.25) is 4.21 Å². The fourth-order valence-electron chi connectivity index (χ4n) is 2.97. The van der Waals surface area contributed by atoms with Crippen molar-refractivity contribution in [2.24, 2.45) is 0 Å². The molecule has 2 rings (SSSR count). The third-order valence-corrected chi connectivity index (χ3v) is 6.60. The van der Waals surface area contributed by atoms with E-state index < -0.39 is 33.6 Å². The Morgan fingerprint density at radius 2 is 1.08 bits per heavy atom. The maximum Gasteiger partial charge on any atom is 0.107 e. The van der Waals surface area contributed by atoms with Gasteiger partial charge in [-0.15, -0.1) is 0 Å². The molecule has 0 fully saturated rings. The van der Waals surface area contributed by atoms with Gasteiger partial charge in [-0.25, -0.2) is 8.78 Å². The van der Waals surface area contributed by atoms with Crippen LogP contribution in [-0.4, -0.2) is 27.1 Å². The Labute approximate surface area is 145 Å². The molecule has 0 aliphatic heterocycles. The van der Waals surface area contributed by atoms with Gasteiger partial charge in [0.1, 0.15) is 13.3 Å². The molecular weight excluding hydrogens is 326 g/mol. The van der Waals surface area contributed by atoms with Gasteiger partial charge in [0, 0.05) is 10.8 Å². The van der Waals surface area contributed by atoms with E-state index in [0.29, 0.717) is 12.8 Å². The van der Waals surface area contributed by atoms with Crippen LogP contribution in [0.2, 0.25) is 0 Å². The van der Waals surface area contributed by atoms with Crippen LogP contribution in [0.15, 0.2) is 60.7 Å². The van der Waals surface area contributed by atoms with Gasteiger partial charge in [0.2, 0.25) is 0 Å². The van der Waals surface area contributed by atoms with Crippen molar-refractivity contribution in [1.82, 2.24) is 0 Å². The summed E-state index contributed by atoms with van der Waals surface area (Å²) >= 11 is 0. The normalized spacial score (nSPS) is 17.7. The van der Waals surface area contributed by atoms with Gasteiger partial charge in [-0.05, 0) is 37.8 Å². The Balaban J connectivity index is 2.26. The smallest absolute Gasteiger partial charge is 0.107 e. The maximum atomic E-state index is 13.9. The van der Waals surface area contributed by atoms with E-state index in [9.17, 15) is 13.0 Å². The molecular formula is C20H24F2OS.